The van der Waals surface area contributed by atoms with Crippen LogP contribution >= 0.6 is 11.6 Å². The Kier molecular flexibility index (Phi) is 11.1. The van der Waals surface area contributed by atoms with Crippen molar-refractivity contribution in [2.45, 2.75) is 45.3 Å². The largest absolute Gasteiger partial charge is 0.490 e. The van der Waals surface area contributed by atoms with Crippen LogP contribution in [0.4, 0.5) is 38.1 Å². The lowest BCUT2D eigenvalue weighted by atomic mass is 9.99. The van der Waals surface area contributed by atoms with Gasteiger partial charge in [-0.3, -0.25) is 19.5 Å². The summed E-state index contributed by atoms with van der Waals surface area (Å²) in [4.78, 5) is 59.4. The number of anilines is 2. The Hall–Kier alpha value is -5.32. The molecule has 2 aromatic heterocycles. The van der Waals surface area contributed by atoms with E-state index < -0.39 is 47.0 Å². The Morgan fingerprint density at radius 1 is 1.12 bits per heavy atom. The van der Waals surface area contributed by atoms with Crippen LogP contribution in [0.5, 0.6) is 0 Å². The van der Waals surface area contributed by atoms with Gasteiger partial charge < -0.3 is 20.1 Å². The average molecular weight is 711 g/mol. The molecular formula is C31H28ClF5N6O6. The third kappa shape index (κ3) is 8.40. The molecule has 2 atom stereocenters. The van der Waals surface area contributed by atoms with E-state index in [4.69, 9.17) is 26.5 Å². The first-order valence-electron chi connectivity index (χ1n) is 14.4. The van der Waals surface area contributed by atoms with Crippen LogP contribution in [0.2, 0.25) is 5.02 Å². The van der Waals surface area contributed by atoms with Gasteiger partial charge in [0.15, 0.2) is 5.82 Å². The third-order valence-electron chi connectivity index (χ3n) is 7.46. The SMILES string of the molecule is COC(=O)Nc1ccc2c(c1)NC(=O)[C@H](C)CCC[C@H](n1cnc(-c3c(F)ccc(Cl)c3F)cc1=O)c1nc-2c(C)[nH]1.O=C(O)C(F)(F)F. The first-order chi connectivity index (χ1) is 23.0. The Bertz CT molecular complexity index is 1960. The standard InChI is InChI=1S/C29H27ClF2N6O4.C2HF3O2/c1-14-5-4-6-22(38-13-33-21(12-23(38)39)24-19(31)10-9-18(30)25(24)32)27-34-15(2)26(37-27)17-8-7-16(35-29(41)42-3)11-20(17)36-28(14)40;3-2(4,5)1(6)7/h7-14,22H,4-6H2,1-3H3,(H,34,37)(H,35,41)(H,36,40);(H,6,7)/t14-,22+;/m1./s1. The van der Waals surface area contributed by atoms with Gasteiger partial charge >= 0.3 is 18.2 Å². The molecule has 0 aliphatic carbocycles. The van der Waals surface area contributed by atoms with Crippen molar-refractivity contribution in [3.63, 3.8) is 0 Å². The first kappa shape index (κ1) is 36.5. The maximum Gasteiger partial charge on any atom is 0.490 e. The van der Waals surface area contributed by atoms with Gasteiger partial charge in [0.25, 0.3) is 5.56 Å². The van der Waals surface area contributed by atoms with Crippen molar-refractivity contribution in [1.82, 2.24) is 19.5 Å². The molecule has 260 valence electrons. The zero-order valence-electron chi connectivity index (χ0n) is 25.9. The number of carbonyl (C=O) groups excluding carboxylic acids is 2. The van der Waals surface area contributed by atoms with E-state index in [1.807, 2.05) is 6.92 Å². The van der Waals surface area contributed by atoms with Crippen LogP contribution in [0.1, 0.15) is 43.7 Å². The van der Waals surface area contributed by atoms with E-state index in [9.17, 15) is 36.3 Å². The second-order valence-electron chi connectivity index (χ2n) is 10.9. The quantitative estimate of drug-likeness (QED) is 0.135. The number of rotatable bonds is 3. The molecule has 18 heteroatoms. The van der Waals surface area contributed by atoms with E-state index in [-0.39, 0.29) is 22.5 Å². The number of methoxy groups -OCH3 is 1. The highest BCUT2D eigenvalue weighted by Crippen LogP contribution is 2.35. The minimum atomic E-state index is -5.08. The Balaban J connectivity index is 0.000000698. The van der Waals surface area contributed by atoms with Crippen LogP contribution in [0, 0.1) is 24.5 Å². The number of aliphatic carboxylic acids is 1. The highest BCUT2D eigenvalue weighted by Gasteiger charge is 2.38. The lowest BCUT2D eigenvalue weighted by Gasteiger charge is -2.20. The number of fused-ring (bicyclic) bond motifs is 4. The molecule has 4 N–H and O–H groups in total. The molecule has 0 spiro atoms. The summed E-state index contributed by atoms with van der Waals surface area (Å²) >= 11 is 5.83. The number of halogens is 6. The maximum atomic E-state index is 14.6. The molecular weight excluding hydrogens is 683 g/mol. The summed E-state index contributed by atoms with van der Waals surface area (Å²) in [6.07, 6.45) is -3.02. The van der Waals surface area contributed by atoms with Gasteiger partial charge in [0.1, 0.15) is 11.6 Å². The molecule has 5 rings (SSSR count). The molecule has 0 saturated carbocycles. The van der Waals surface area contributed by atoms with Gasteiger partial charge in [-0.1, -0.05) is 24.9 Å². The molecule has 2 bridgehead atoms. The minimum Gasteiger partial charge on any atom is -0.475 e. The predicted octanol–water partition coefficient (Wildman–Crippen LogP) is 6.70. The van der Waals surface area contributed by atoms with Gasteiger partial charge in [0.05, 0.1) is 47.1 Å². The van der Waals surface area contributed by atoms with Gasteiger partial charge in [-0.05, 0) is 50.1 Å². The molecule has 0 saturated heterocycles. The number of amides is 2. The number of H-pyrrole nitrogens is 1. The lowest BCUT2D eigenvalue weighted by Crippen LogP contribution is -2.27. The summed E-state index contributed by atoms with van der Waals surface area (Å²) in [6, 6.07) is 7.55. The van der Waals surface area contributed by atoms with Crippen LogP contribution in [-0.4, -0.2) is 55.9 Å². The maximum absolute atomic E-state index is 14.6. The van der Waals surface area contributed by atoms with E-state index in [2.05, 4.69) is 25.3 Å². The number of aromatic nitrogens is 4. The Morgan fingerprint density at radius 3 is 2.45 bits per heavy atom. The highest BCUT2D eigenvalue weighted by molar-refractivity contribution is 6.31. The number of carbonyl (C=O) groups is 3. The number of aryl methyl sites for hydroxylation is 1. The molecule has 4 aromatic rings. The smallest absolute Gasteiger partial charge is 0.475 e. The Morgan fingerprint density at radius 2 is 1.82 bits per heavy atom. The lowest BCUT2D eigenvalue weighted by molar-refractivity contribution is -0.192. The van der Waals surface area contributed by atoms with Crippen LogP contribution < -0.4 is 16.2 Å². The van der Waals surface area contributed by atoms with Gasteiger partial charge in [-0.25, -0.2) is 28.3 Å². The van der Waals surface area contributed by atoms with Gasteiger partial charge in [-0.15, -0.1) is 0 Å². The van der Waals surface area contributed by atoms with Crippen molar-refractivity contribution in [1.29, 1.82) is 0 Å². The topological polar surface area (TPSA) is 168 Å². The fraction of sp³-hybridized carbons (Fsp3) is 0.290. The molecule has 0 radical (unpaired) electrons. The number of carboxylic acids is 1. The van der Waals surface area contributed by atoms with E-state index in [1.54, 1.807) is 25.1 Å². The first-order valence-corrected chi connectivity index (χ1v) is 14.8. The second kappa shape index (κ2) is 14.8. The number of imidazole rings is 1. The van der Waals surface area contributed by atoms with E-state index in [0.717, 1.165) is 18.2 Å². The van der Waals surface area contributed by atoms with Crippen molar-refractivity contribution in [3.8, 4) is 22.5 Å². The number of hydrogen-bond donors (Lipinski definition) is 4. The Labute approximate surface area is 279 Å². The average Bonchev–Trinajstić information content (AvgIpc) is 3.41. The number of benzene rings is 2. The van der Waals surface area contributed by atoms with Crippen LogP contribution in [0.3, 0.4) is 0 Å². The minimum absolute atomic E-state index is 0.186. The fourth-order valence-electron chi connectivity index (χ4n) is 4.96. The zero-order valence-corrected chi connectivity index (χ0v) is 26.7. The van der Waals surface area contributed by atoms with Crippen LogP contribution in [0.25, 0.3) is 22.5 Å². The summed E-state index contributed by atoms with van der Waals surface area (Å²) in [5.41, 5.74) is 1.43. The van der Waals surface area contributed by atoms with Crippen molar-refractivity contribution < 1.29 is 46.2 Å². The number of alkyl halides is 3. The monoisotopic (exact) mass is 710 g/mol. The molecule has 49 heavy (non-hydrogen) atoms. The zero-order chi connectivity index (χ0) is 36.2. The number of nitrogens with one attached hydrogen (secondary N) is 3. The fourth-order valence-corrected chi connectivity index (χ4v) is 5.12. The predicted molar refractivity (Wildman–Crippen MR) is 167 cm³/mol. The third-order valence-corrected chi connectivity index (χ3v) is 7.75. The summed E-state index contributed by atoms with van der Waals surface area (Å²) < 4.78 is 66.9. The molecule has 1 aliphatic heterocycles. The normalized spacial score (nSPS) is 16.1. The number of carboxylic acid groups (broad SMARTS) is 1. The number of aromatic amines is 1. The van der Waals surface area contributed by atoms with Crippen LogP contribution in [0.15, 0.2) is 47.5 Å². The molecule has 2 aromatic carbocycles. The summed E-state index contributed by atoms with van der Waals surface area (Å²) in [5, 5.41) is 12.4. The molecule has 0 fully saturated rings. The molecule has 12 nitrogen and oxygen atoms in total. The number of hydrogen-bond acceptors (Lipinski definition) is 7. The highest BCUT2D eigenvalue weighted by atomic mass is 35.5. The van der Waals surface area contributed by atoms with Crippen molar-refractivity contribution in [3.05, 3.63) is 81.3 Å². The number of ether oxygens (including phenoxy) is 1. The van der Waals surface area contributed by atoms with Crippen molar-refractivity contribution in [2.75, 3.05) is 17.7 Å². The summed E-state index contributed by atoms with van der Waals surface area (Å²) in [6.45, 7) is 3.62. The van der Waals surface area contributed by atoms with Gasteiger partial charge in [0, 0.05) is 28.9 Å². The summed E-state index contributed by atoms with van der Waals surface area (Å²) in [7, 11) is 1.25. The van der Waals surface area contributed by atoms with Gasteiger partial charge in [-0.2, -0.15) is 13.2 Å². The van der Waals surface area contributed by atoms with E-state index in [1.165, 1.54) is 18.0 Å². The second-order valence-corrected chi connectivity index (χ2v) is 11.3. The van der Waals surface area contributed by atoms with Crippen molar-refractivity contribution in [2.24, 2.45) is 5.92 Å². The molecule has 1 aliphatic rings. The number of nitrogens with zero attached hydrogens (tertiary/aromatic N) is 3. The van der Waals surface area contributed by atoms with Gasteiger partial charge in [0.2, 0.25) is 5.91 Å². The van der Waals surface area contributed by atoms with E-state index >= 15 is 0 Å². The van der Waals surface area contributed by atoms with Crippen molar-refractivity contribution >= 4 is 40.9 Å². The van der Waals surface area contributed by atoms with E-state index in [0.29, 0.717) is 53.4 Å². The summed E-state index contributed by atoms with van der Waals surface area (Å²) in [5.74, 6) is -4.77. The molecule has 3 heterocycles. The van der Waals surface area contributed by atoms with Crippen LogP contribution in [-0.2, 0) is 14.3 Å². The molecule has 2 amide bonds. The molecule has 0 unspecified atom stereocenters.